The molecule has 2 aliphatic rings. The third-order valence-corrected chi connectivity index (χ3v) is 6.99. The molecule has 166 valence electrons. The standard InChI is InChI=1S/C26H29F4N/c1-18(20-7-5-19(6-8-20)3-2-4-25(27)17-31)21-9-11-22(12-10-21)23-13-15-24(16-14-23)26(28,29)30/h2-4,13-16,19-22H,1,5-12H2/b3-2+,25-4-. The number of halogens is 4. The Balaban J connectivity index is 1.46. The van der Waals surface area contributed by atoms with Crippen LogP contribution in [-0.2, 0) is 6.18 Å². The van der Waals surface area contributed by atoms with E-state index in [-0.39, 0.29) is 0 Å². The second-order valence-electron chi connectivity index (χ2n) is 8.87. The molecule has 0 saturated heterocycles. The van der Waals surface area contributed by atoms with Crippen molar-refractivity contribution in [3.8, 4) is 6.07 Å². The van der Waals surface area contributed by atoms with Gasteiger partial charge in [0.2, 0.25) is 0 Å². The predicted octanol–water partition coefficient (Wildman–Crippen LogP) is 8.27. The van der Waals surface area contributed by atoms with Gasteiger partial charge in [-0.15, -0.1) is 0 Å². The van der Waals surface area contributed by atoms with E-state index in [1.165, 1.54) is 29.9 Å². The zero-order valence-electron chi connectivity index (χ0n) is 17.7. The zero-order chi connectivity index (χ0) is 22.4. The van der Waals surface area contributed by atoms with E-state index in [4.69, 9.17) is 5.26 Å². The Kier molecular flexibility index (Phi) is 7.75. The molecule has 0 heterocycles. The van der Waals surface area contributed by atoms with Crippen LogP contribution in [0.4, 0.5) is 17.6 Å². The summed E-state index contributed by atoms with van der Waals surface area (Å²) in [6.45, 7) is 4.42. The average molecular weight is 432 g/mol. The monoisotopic (exact) mass is 431 g/mol. The van der Waals surface area contributed by atoms with Crippen LogP contribution in [0.3, 0.4) is 0 Å². The first-order valence-electron chi connectivity index (χ1n) is 11.1. The van der Waals surface area contributed by atoms with Gasteiger partial charge in [-0.25, -0.2) is 0 Å². The van der Waals surface area contributed by atoms with Gasteiger partial charge in [-0.1, -0.05) is 36.4 Å². The maximum Gasteiger partial charge on any atom is 0.416 e. The summed E-state index contributed by atoms with van der Waals surface area (Å²) >= 11 is 0. The minimum absolute atomic E-state index is 0.328. The Bertz CT molecular complexity index is 841. The molecule has 0 atom stereocenters. The lowest BCUT2D eigenvalue weighted by Gasteiger charge is -2.36. The van der Waals surface area contributed by atoms with Gasteiger partial charge in [-0.3, -0.25) is 0 Å². The molecule has 1 aromatic rings. The molecule has 0 spiro atoms. The van der Waals surface area contributed by atoms with Crippen molar-refractivity contribution >= 4 is 0 Å². The van der Waals surface area contributed by atoms with E-state index in [1.807, 2.05) is 6.08 Å². The normalized spacial score (nSPS) is 27.8. The summed E-state index contributed by atoms with van der Waals surface area (Å²) in [5.41, 5.74) is 1.75. The Morgan fingerprint density at radius 3 is 2.00 bits per heavy atom. The van der Waals surface area contributed by atoms with E-state index >= 15 is 0 Å². The van der Waals surface area contributed by atoms with Crippen LogP contribution < -0.4 is 0 Å². The highest BCUT2D eigenvalue weighted by atomic mass is 19.4. The molecule has 3 rings (SSSR count). The fourth-order valence-corrected chi connectivity index (χ4v) is 5.09. The van der Waals surface area contributed by atoms with Crippen LogP contribution in [0.15, 0.2) is 60.5 Å². The van der Waals surface area contributed by atoms with E-state index in [2.05, 4.69) is 6.58 Å². The van der Waals surface area contributed by atoms with E-state index in [0.29, 0.717) is 23.7 Å². The maximum atomic E-state index is 12.9. The molecular weight excluding hydrogens is 402 g/mol. The van der Waals surface area contributed by atoms with Crippen molar-refractivity contribution in [3.05, 3.63) is 71.6 Å². The van der Waals surface area contributed by atoms with Crippen LogP contribution in [0.25, 0.3) is 0 Å². The summed E-state index contributed by atoms with van der Waals surface area (Å²) in [5.74, 6) is 0.987. The topological polar surface area (TPSA) is 23.8 Å². The smallest absolute Gasteiger partial charge is 0.195 e. The van der Waals surface area contributed by atoms with Gasteiger partial charge in [0, 0.05) is 0 Å². The van der Waals surface area contributed by atoms with Gasteiger partial charge >= 0.3 is 6.18 Å². The van der Waals surface area contributed by atoms with E-state index in [9.17, 15) is 17.6 Å². The molecule has 0 aliphatic heterocycles. The SMILES string of the molecule is C=C(C1CCC(/C=C/C=C(\F)C#N)CC1)C1CCC(c2ccc(C(F)(F)F)cc2)CC1. The molecule has 1 aromatic carbocycles. The number of alkyl halides is 3. The average Bonchev–Trinajstić information content (AvgIpc) is 2.78. The summed E-state index contributed by atoms with van der Waals surface area (Å²) in [6, 6.07) is 7.12. The Labute approximate surface area is 182 Å². The van der Waals surface area contributed by atoms with E-state index in [0.717, 1.165) is 56.9 Å². The van der Waals surface area contributed by atoms with Crippen molar-refractivity contribution in [1.82, 2.24) is 0 Å². The molecular formula is C26H29F4N. The highest BCUT2D eigenvalue weighted by Gasteiger charge is 2.32. The number of benzene rings is 1. The summed E-state index contributed by atoms with van der Waals surface area (Å²) in [4.78, 5) is 0. The minimum Gasteiger partial charge on any atom is -0.195 e. The van der Waals surface area contributed by atoms with E-state index < -0.39 is 17.6 Å². The first kappa shape index (κ1) is 23.3. The largest absolute Gasteiger partial charge is 0.416 e. The number of allylic oxidation sites excluding steroid dienone is 5. The van der Waals surface area contributed by atoms with Crippen molar-refractivity contribution in [1.29, 1.82) is 5.26 Å². The molecule has 2 fully saturated rings. The molecule has 0 unspecified atom stereocenters. The Morgan fingerprint density at radius 2 is 1.48 bits per heavy atom. The molecule has 31 heavy (non-hydrogen) atoms. The number of rotatable bonds is 5. The summed E-state index contributed by atoms with van der Waals surface area (Å²) in [7, 11) is 0. The van der Waals surface area contributed by atoms with Crippen molar-refractivity contribution in [3.63, 3.8) is 0 Å². The third-order valence-electron chi connectivity index (χ3n) is 6.99. The summed E-state index contributed by atoms with van der Waals surface area (Å²) in [6.07, 6.45) is 8.87. The van der Waals surface area contributed by atoms with E-state index in [1.54, 1.807) is 18.2 Å². The molecule has 2 saturated carbocycles. The molecule has 5 heteroatoms. The van der Waals surface area contributed by atoms with Crippen molar-refractivity contribution in [2.75, 3.05) is 0 Å². The lowest BCUT2D eigenvalue weighted by molar-refractivity contribution is -0.137. The van der Waals surface area contributed by atoms with Crippen LogP contribution in [0.2, 0.25) is 0 Å². The fourth-order valence-electron chi connectivity index (χ4n) is 5.09. The fraction of sp³-hybridized carbons (Fsp3) is 0.500. The summed E-state index contributed by atoms with van der Waals surface area (Å²) < 4.78 is 51.2. The molecule has 0 amide bonds. The first-order valence-corrected chi connectivity index (χ1v) is 11.1. The molecule has 2 aliphatic carbocycles. The minimum atomic E-state index is -4.29. The second kappa shape index (κ2) is 10.3. The van der Waals surface area contributed by atoms with Crippen molar-refractivity contribution in [2.24, 2.45) is 17.8 Å². The van der Waals surface area contributed by atoms with Gasteiger partial charge in [-0.2, -0.15) is 22.8 Å². The highest BCUT2D eigenvalue weighted by molar-refractivity contribution is 5.28. The van der Waals surface area contributed by atoms with Gasteiger partial charge in [0.25, 0.3) is 0 Å². The summed E-state index contributed by atoms with van der Waals surface area (Å²) in [5, 5.41) is 8.43. The molecule has 0 N–H and O–H groups in total. The quantitative estimate of drug-likeness (QED) is 0.199. The number of nitriles is 1. The predicted molar refractivity (Wildman–Crippen MR) is 115 cm³/mol. The highest BCUT2D eigenvalue weighted by Crippen LogP contribution is 2.44. The van der Waals surface area contributed by atoms with Crippen LogP contribution in [0.1, 0.15) is 68.4 Å². The molecule has 0 radical (unpaired) electrons. The number of hydrogen-bond donors (Lipinski definition) is 0. The van der Waals surface area contributed by atoms with Crippen LogP contribution in [0, 0.1) is 29.1 Å². The lowest BCUT2D eigenvalue weighted by atomic mass is 9.70. The Hall–Kier alpha value is -2.35. The first-order chi connectivity index (χ1) is 14.8. The molecule has 0 aromatic heterocycles. The van der Waals surface area contributed by atoms with Gasteiger partial charge in [-0.05, 0) is 98.8 Å². The van der Waals surface area contributed by atoms with Crippen molar-refractivity contribution < 1.29 is 17.6 Å². The van der Waals surface area contributed by atoms with Crippen LogP contribution in [-0.4, -0.2) is 0 Å². The Morgan fingerprint density at radius 1 is 0.935 bits per heavy atom. The van der Waals surface area contributed by atoms with Gasteiger partial charge in [0.15, 0.2) is 5.83 Å². The lowest BCUT2D eigenvalue weighted by Crippen LogP contribution is -2.22. The molecule has 0 bridgehead atoms. The van der Waals surface area contributed by atoms with Gasteiger partial charge < -0.3 is 0 Å². The van der Waals surface area contributed by atoms with Crippen molar-refractivity contribution in [2.45, 2.75) is 63.5 Å². The van der Waals surface area contributed by atoms with Gasteiger partial charge in [0.1, 0.15) is 6.07 Å². The number of hydrogen-bond acceptors (Lipinski definition) is 1. The maximum absolute atomic E-state index is 12.9. The van der Waals surface area contributed by atoms with Gasteiger partial charge in [0.05, 0.1) is 5.56 Å². The van der Waals surface area contributed by atoms with Crippen LogP contribution >= 0.6 is 0 Å². The van der Waals surface area contributed by atoms with Crippen LogP contribution in [0.5, 0.6) is 0 Å². The second-order valence-corrected chi connectivity index (χ2v) is 8.87. The molecule has 1 nitrogen and oxygen atoms in total. The zero-order valence-corrected chi connectivity index (χ0v) is 17.7. The number of nitrogens with zero attached hydrogens (tertiary/aromatic N) is 1. The third kappa shape index (κ3) is 6.32.